The molecule has 3 rings (SSSR count). The molecule has 7 nitrogen and oxygen atoms in total. The first-order chi connectivity index (χ1) is 8.43. The van der Waals surface area contributed by atoms with Crippen molar-refractivity contribution in [2.45, 2.75) is 6.10 Å². The Labute approximate surface area is 97.2 Å². The average molecular weight is 233 g/mol. The number of ether oxygens (including phenoxy) is 1. The smallest absolute Gasteiger partial charge is 0.261 e. The zero-order valence-corrected chi connectivity index (χ0v) is 9.04. The summed E-state index contributed by atoms with van der Waals surface area (Å²) in [6, 6.07) is 0. The summed E-state index contributed by atoms with van der Waals surface area (Å²) >= 11 is 0. The maximum atomic E-state index is 5.53. The van der Waals surface area contributed by atoms with Crippen LogP contribution in [0.15, 0.2) is 23.2 Å². The second-order valence-electron chi connectivity index (χ2n) is 3.65. The third-order valence-electron chi connectivity index (χ3n) is 2.46. The number of hydrogen-bond acceptors (Lipinski definition) is 7. The van der Waals surface area contributed by atoms with Crippen LogP contribution in [0.3, 0.4) is 0 Å². The minimum Gasteiger partial charge on any atom is -0.367 e. The second kappa shape index (κ2) is 4.56. The monoisotopic (exact) mass is 233 g/mol. The van der Waals surface area contributed by atoms with Gasteiger partial charge < -0.3 is 14.6 Å². The first-order valence-electron chi connectivity index (χ1n) is 5.35. The van der Waals surface area contributed by atoms with Crippen LogP contribution in [0.25, 0.3) is 11.5 Å². The molecule has 0 saturated carbocycles. The quantitative estimate of drug-likeness (QED) is 0.792. The molecule has 0 aromatic carbocycles. The van der Waals surface area contributed by atoms with Crippen LogP contribution >= 0.6 is 0 Å². The molecule has 1 atom stereocenters. The van der Waals surface area contributed by atoms with Crippen molar-refractivity contribution in [3.8, 4) is 11.5 Å². The highest BCUT2D eigenvalue weighted by Gasteiger charge is 2.21. The van der Waals surface area contributed by atoms with Gasteiger partial charge in [-0.15, -0.1) is 0 Å². The summed E-state index contributed by atoms with van der Waals surface area (Å²) in [5.41, 5.74) is 0.704. The summed E-state index contributed by atoms with van der Waals surface area (Å²) in [6.07, 6.45) is 4.56. The van der Waals surface area contributed by atoms with E-state index in [-0.39, 0.29) is 6.10 Å². The lowest BCUT2D eigenvalue weighted by atomic mass is 10.3. The number of hydrogen-bond donors (Lipinski definition) is 1. The molecule has 2 aromatic rings. The van der Waals surface area contributed by atoms with Crippen molar-refractivity contribution in [2.75, 3.05) is 19.7 Å². The third kappa shape index (κ3) is 2.15. The molecule has 2 aromatic heterocycles. The number of aromatic nitrogens is 4. The molecule has 1 unspecified atom stereocenters. The van der Waals surface area contributed by atoms with Gasteiger partial charge in [0.2, 0.25) is 5.82 Å². The van der Waals surface area contributed by atoms with Gasteiger partial charge in [0.05, 0.1) is 12.2 Å². The number of nitrogens with one attached hydrogen (secondary N) is 1. The third-order valence-corrected chi connectivity index (χ3v) is 2.46. The standard InChI is InChI=1S/C10H11N5O2/c1-2-16-8(5-11-1)9-14-10(17-15-9)7-3-12-6-13-4-7/h3-4,6,8,11H,1-2,5H2. The fourth-order valence-electron chi connectivity index (χ4n) is 1.62. The lowest BCUT2D eigenvalue weighted by molar-refractivity contribution is 0.0208. The van der Waals surface area contributed by atoms with Crippen LogP contribution in [-0.4, -0.2) is 39.8 Å². The van der Waals surface area contributed by atoms with E-state index in [1.54, 1.807) is 12.4 Å². The maximum absolute atomic E-state index is 5.53. The predicted molar refractivity (Wildman–Crippen MR) is 56.9 cm³/mol. The molecule has 0 bridgehead atoms. The van der Waals surface area contributed by atoms with Gasteiger partial charge in [-0.2, -0.15) is 4.98 Å². The van der Waals surface area contributed by atoms with E-state index in [2.05, 4.69) is 25.4 Å². The van der Waals surface area contributed by atoms with Crippen molar-refractivity contribution in [1.29, 1.82) is 0 Å². The molecule has 0 amide bonds. The molecule has 3 heterocycles. The summed E-state index contributed by atoms with van der Waals surface area (Å²) in [6.45, 7) is 2.21. The topological polar surface area (TPSA) is 86.0 Å². The highest BCUT2D eigenvalue weighted by atomic mass is 16.5. The van der Waals surface area contributed by atoms with E-state index in [1.807, 2.05) is 0 Å². The van der Waals surface area contributed by atoms with Crippen molar-refractivity contribution in [1.82, 2.24) is 25.4 Å². The van der Waals surface area contributed by atoms with Crippen LogP contribution in [0.4, 0.5) is 0 Å². The molecule has 88 valence electrons. The molecule has 0 aliphatic carbocycles. The summed E-state index contributed by atoms with van der Waals surface area (Å²) in [7, 11) is 0. The first kappa shape index (κ1) is 10.3. The Hall–Kier alpha value is -1.86. The minimum absolute atomic E-state index is 0.147. The Morgan fingerprint density at radius 3 is 2.94 bits per heavy atom. The second-order valence-corrected chi connectivity index (χ2v) is 3.65. The van der Waals surface area contributed by atoms with E-state index in [0.29, 0.717) is 30.4 Å². The molecular formula is C10H11N5O2. The SMILES string of the molecule is c1ncc(-c2nc(C3CNCCO3)no2)cn1. The van der Waals surface area contributed by atoms with Crippen LogP contribution in [0.1, 0.15) is 11.9 Å². The van der Waals surface area contributed by atoms with E-state index in [4.69, 9.17) is 9.26 Å². The Balaban J connectivity index is 1.83. The van der Waals surface area contributed by atoms with Gasteiger partial charge in [-0.25, -0.2) is 9.97 Å². The normalized spacial score (nSPS) is 20.4. The average Bonchev–Trinajstić information content (AvgIpc) is 2.90. The Morgan fingerprint density at radius 1 is 1.29 bits per heavy atom. The van der Waals surface area contributed by atoms with E-state index in [1.165, 1.54) is 6.33 Å². The van der Waals surface area contributed by atoms with Gasteiger partial charge in [0.1, 0.15) is 12.4 Å². The van der Waals surface area contributed by atoms with Gasteiger partial charge in [0, 0.05) is 25.5 Å². The Bertz CT molecular complexity index is 480. The largest absolute Gasteiger partial charge is 0.367 e. The van der Waals surface area contributed by atoms with Crippen LogP contribution in [-0.2, 0) is 4.74 Å². The van der Waals surface area contributed by atoms with Gasteiger partial charge in [-0.1, -0.05) is 5.16 Å². The summed E-state index contributed by atoms with van der Waals surface area (Å²) in [4.78, 5) is 12.1. The van der Waals surface area contributed by atoms with Gasteiger partial charge in [0.15, 0.2) is 0 Å². The lowest BCUT2D eigenvalue weighted by Gasteiger charge is -2.20. The van der Waals surface area contributed by atoms with Gasteiger partial charge in [-0.05, 0) is 0 Å². The molecule has 7 heteroatoms. The van der Waals surface area contributed by atoms with Gasteiger partial charge >= 0.3 is 0 Å². The molecular weight excluding hydrogens is 222 g/mol. The molecule has 1 N–H and O–H groups in total. The van der Waals surface area contributed by atoms with Crippen molar-refractivity contribution in [2.24, 2.45) is 0 Å². The molecule has 1 aliphatic rings. The van der Waals surface area contributed by atoms with Crippen molar-refractivity contribution in [3.05, 3.63) is 24.5 Å². The first-order valence-corrected chi connectivity index (χ1v) is 5.35. The Morgan fingerprint density at radius 2 is 2.18 bits per heavy atom. The van der Waals surface area contributed by atoms with Gasteiger partial charge in [-0.3, -0.25) is 0 Å². The van der Waals surface area contributed by atoms with Crippen molar-refractivity contribution >= 4 is 0 Å². The van der Waals surface area contributed by atoms with Crippen molar-refractivity contribution in [3.63, 3.8) is 0 Å². The van der Waals surface area contributed by atoms with Gasteiger partial charge in [0.25, 0.3) is 5.89 Å². The number of morpholine rings is 1. The number of nitrogens with zero attached hydrogens (tertiary/aromatic N) is 4. The van der Waals surface area contributed by atoms with E-state index in [9.17, 15) is 0 Å². The highest BCUT2D eigenvalue weighted by molar-refractivity contribution is 5.48. The van der Waals surface area contributed by atoms with Crippen LogP contribution in [0.2, 0.25) is 0 Å². The molecule has 0 spiro atoms. The molecule has 0 radical (unpaired) electrons. The zero-order valence-electron chi connectivity index (χ0n) is 9.04. The minimum atomic E-state index is -0.147. The van der Waals surface area contributed by atoms with E-state index in [0.717, 1.165) is 6.54 Å². The lowest BCUT2D eigenvalue weighted by Crippen LogP contribution is -2.33. The van der Waals surface area contributed by atoms with Crippen LogP contribution in [0.5, 0.6) is 0 Å². The maximum Gasteiger partial charge on any atom is 0.261 e. The fraction of sp³-hybridized carbons (Fsp3) is 0.400. The molecule has 1 saturated heterocycles. The zero-order chi connectivity index (χ0) is 11.5. The summed E-state index contributed by atoms with van der Waals surface area (Å²) in [5.74, 6) is 0.964. The predicted octanol–water partition coefficient (Wildman–Crippen LogP) is 0.187. The fourth-order valence-corrected chi connectivity index (χ4v) is 1.62. The van der Waals surface area contributed by atoms with E-state index >= 15 is 0 Å². The molecule has 1 fully saturated rings. The molecule has 17 heavy (non-hydrogen) atoms. The van der Waals surface area contributed by atoms with Crippen molar-refractivity contribution < 1.29 is 9.26 Å². The summed E-state index contributed by atoms with van der Waals surface area (Å²) < 4.78 is 10.7. The Kier molecular flexibility index (Phi) is 2.76. The summed E-state index contributed by atoms with van der Waals surface area (Å²) in [5, 5.41) is 7.12. The highest BCUT2D eigenvalue weighted by Crippen LogP contribution is 2.20. The van der Waals surface area contributed by atoms with E-state index < -0.39 is 0 Å². The number of rotatable bonds is 2. The molecule has 1 aliphatic heterocycles. The van der Waals surface area contributed by atoms with Crippen LogP contribution < -0.4 is 5.32 Å². The van der Waals surface area contributed by atoms with Crippen LogP contribution in [0, 0.1) is 0 Å².